The molecule has 1 saturated heterocycles. The Bertz CT molecular complexity index is 431. The van der Waals surface area contributed by atoms with E-state index in [-0.39, 0.29) is 0 Å². The van der Waals surface area contributed by atoms with Crippen LogP contribution >= 0.6 is 0 Å². The van der Waals surface area contributed by atoms with Crippen LogP contribution in [0.1, 0.15) is 27.2 Å². The maximum absolute atomic E-state index is 5.89. The van der Waals surface area contributed by atoms with E-state index in [0.29, 0.717) is 36.1 Å². The maximum atomic E-state index is 5.89. The molecule has 0 aliphatic carbocycles. The zero-order valence-electron chi connectivity index (χ0n) is 12.6. The summed E-state index contributed by atoms with van der Waals surface area (Å²) in [5, 5.41) is 3.41. The molecular formula is C15H25N3O2. The Morgan fingerprint density at radius 2 is 2.25 bits per heavy atom. The van der Waals surface area contributed by atoms with Gasteiger partial charge in [0.1, 0.15) is 5.82 Å². The quantitative estimate of drug-likeness (QED) is 0.837. The van der Waals surface area contributed by atoms with E-state index in [0.717, 1.165) is 25.5 Å². The number of hydrogen-bond donors (Lipinski definition) is 2. The zero-order chi connectivity index (χ0) is 14.5. The van der Waals surface area contributed by atoms with Crippen molar-refractivity contribution in [3.8, 4) is 5.88 Å². The fourth-order valence-electron chi connectivity index (χ4n) is 2.19. The van der Waals surface area contributed by atoms with Gasteiger partial charge in [-0.25, -0.2) is 0 Å². The third-order valence-electron chi connectivity index (χ3n) is 3.49. The Morgan fingerprint density at radius 1 is 1.45 bits per heavy atom. The highest BCUT2D eigenvalue weighted by Crippen LogP contribution is 2.24. The monoisotopic (exact) mass is 279 g/mol. The highest BCUT2D eigenvalue weighted by atomic mass is 16.5. The Labute approximate surface area is 120 Å². The van der Waals surface area contributed by atoms with Crippen LogP contribution in [0.5, 0.6) is 5.88 Å². The summed E-state index contributed by atoms with van der Waals surface area (Å²) >= 11 is 0. The molecular weight excluding hydrogens is 254 g/mol. The average molecular weight is 279 g/mol. The van der Waals surface area contributed by atoms with Crippen LogP contribution in [0.15, 0.2) is 12.1 Å². The molecule has 5 heteroatoms. The second-order valence-electron chi connectivity index (χ2n) is 5.85. The smallest absolute Gasteiger partial charge is 0.239 e. The first-order chi connectivity index (χ1) is 9.56. The van der Waals surface area contributed by atoms with Crippen LogP contribution in [-0.4, -0.2) is 30.8 Å². The Morgan fingerprint density at radius 3 is 2.90 bits per heavy atom. The summed E-state index contributed by atoms with van der Waals surface area (Å²) in [5.74, 6) is 2.30. The van der Waals surface area contributed by atoms with Crippen LogP contribution < -0.4 is 15.8 Å². The van der Waals surface area contributed by atoms with Gasteiger partial charge in [-0.3, -0.25) is 0 Å². The number of nitrogens with one attached hydrogen (secondary N) is 1. The molecule has 5 nitrogen and oxygen atoms in total. The van der Waals surface area contributed by atoms with Crippen LogP contribution in [0, 0.1) is 11.8 Å². The number of anilines is 2. The van der Waals surface area contributed by atoms with Crippen molar-refractivity contribution < 1.29 is 9.47 Å². The molecule has 112 valence electrons. The predicted octanol–water partition coefficient (Wildman–Crippen LogP) is 2.54. The number of ether oxygens (including phenoxy) is 2. The number of nitrogen functional groups attached to an aromatic ring is 1. The fourth-order valence-corrected chi connectivity index (χ4v) is 2.19. The molecule has 2 heterocycles. The van der Waals surface area contributed by atoms with Crippen molar-refractivity contribution in [2.75, 3.05) is 30.9 Å². The SMILES string of the molecule is CC(C)COc1nc(NC(C)C2CCOC2)ccc1N. The summed E-state index contributed by atoms with van der Waals surface area (Å²) < 4.78 is 11.1. The van der Waals surface area contributed by atoms with Gasteiger partial charge in [0.2, 0.25) is 5.88 Å². The second-order valence-corrected chi connectivity index (χ2v) is 5.85. The van der Waals surface area contributed by atoms with E-state index in [2.05, 4.69) is 31.1 Å². The minimum Gasteiger partial charge on any atom is -0.476 e. The average Bonchev–Trinajstić information content (AvgIpc) is 2.93. The molecule has 1 fully saturated rings. The fraction of sp³-hybridized carbons (Fsp3) is 0.667. The minimum atomic E-state index is 0.326. The van der Waals surface area contributed by atoms with Gasteiger partial charge in [-0.1, -0.05) is 13.8 Å². The van der Waals surface area contributed by atoms with Crippen LogP contribution in [0.4, 0.5) is 11.5 Å². The summed E-state index contributed by atoms with van der Waals surface area (Å²) in [6, 6.07) is 4.05. The molecule has 1 aromatic rings. The van der Waals surface area contributed by atoms with Crippen molar-refractivity contribution in [1.29, 1.82) is 0 Å². The molecule has 0 amide bonds. The molecule has 1 aliphatic rings. The zero-order valence-corrected chi connectivity index (χ0v) is 12.6. The first kappa shape index (κ1) is 14.9. The van der Waals surface area contributed by atoms with Gasteiger partial charge >= 0.3 is 0 Å². The summed E-state index contributed by atoms with van der Waals surface area (Å²) in [5.41, 5.74) is 6.47. The normalized spacial score (nSPS) is 20.1. The van der Waals surface area contributed by atoms with E-state index in [1.165, 1.54) is 0 Å². The van der Waals surface area contributed by atoms with Crippen molar-refractivity contribution in [1.82, 2.24) is 4.98 Å². The number of aromatic nitrogens is 1. The molecule has 20 heavy (non-hydrogen) atoms. The van der Waals surface area contributed by atoms with Gasteiger partial charge in [0, 0.05) is 18.6 Å². The summed E-state index contributed by atoms with van der Waals surface area (Å²) in [6.07, 6.45) is 1.10. The van der Waals surface area contributed by atoms with Gasteiger partial charge in [0.05, 0.1) is 18.9 Å². The van der Waals surface area contributed by atoms with Gasteiger partial charge in [-0.05, 0) is 31.4 Å². The molecule has 3 N–H and O–H groups in total. The van der Waals surface area contributed by atoms with E-state index in [1.54, 1.807) is 0 Å². The number of nitrogens with two attached hydrogens (primary N) is 1. The molecule has 0 aromatic carbocycles. The standard InChI is InChI=1S/C15H25N3O2/c1-10(2)8-20-15-13(16)4-5-14(18-15)17-11(3)12-6-7-19-9-12/h4-5,10-12H,6-9,16H2,1-3H3,(H,17,18). The van der Waals surface area contributed by atoms with E-state index in [9.17, 15) is 0 Å². The molecule has 0 radical (unpaired) electrons. The van der Waals surface area contributed by atoms with Gasteiger partial charge in [-0.2, -0.15) is 4.98 Å². The summed E-state index contributed by atoms with van der Waals surface area (Å²) in [6.45, 7) is 8.65. The Balaban J connectivity index is 1.98. The second kappa shape index (κ2) is 6.79. The summed E-state index contributed by atoms with van der Waals surface area (Å²) in [4.78, 5) is 4.46. The highest BCUT2D eigenvalue weighted by Gasteiger charge is 2.22. The predicted molar refractivity (Wildman–Crippen MR) is 81.0 cm³/mol. The van der Waals surface area contributed by atoms with E-state index in [4.69, 9.17) is 15.2 Å². The molecule has 1 aromatic heterocycles. The van der Waals surface area contributed by atoms with Crippen LogP contribution in [0.2, 0.25) is 0 Å². The lowest BCUT2D eigenvalue weighted by molar-refractivity contribution is 0.183. The van der Waals surface area contributed by atoms with Gasteiger partial charge in [0.15, 0.2) is 0 Å². The van der Waals surface area contributed by atoms with Crippen LogP contribution in [0.3, 0.4) is 0 Å². The van der Waals surface area contributed by atoms with Crippen molar-refractivity contribution in [2.24, 2.45) is 11.8 Å². The largest absolute Gasteiger partial charge is 0.476 e. The molecule has 1 aliphatic heterocycles. The minimum absolute atomic E-state index is 0.326. The number of rotatable bonds is 6. The van der Waals surface area contributed by atoms with Crippen LogP contribution in [0.25, 0.3) is 0 Å². The van der Waals surface area contributed by atoms with Crippen molar-refractivity contribution in [2.45, 2.75) is 33.2 Å². The first-order valence-corrected chi connectivity index (χ1v) is 7.30. The van der Waals surface area contributed by atoms with Crippen LogP contribution in [-0.2, 0) is 4.74 Å². The highest BCUT2D eigenvalue weighted by molar-refractivity contribution is 5.53. The van der Waals surface area contributed by atoms with E-state index in [1.807, 2.05) is 12.1 Å². The lowest BCUT2D eigenvalue weighted by Gasteiger charge is -2.20. The molecule has 2 rings (SSSR count). The van der Waals surface area contributed by atoms with Gasteiger partial charge < -0.3 is 20.5 Å². The molecule has 0 spiro atoms. The van der Waals surface area contributed by atoms with E-state index < -0.39 is 0 Å². The molecule has 0 saturated carbocycles. The van der Waals surface area contributed by atoms with E-state index >= 15 is 0 Å². The molecule has 2 unspecified atom stereocenters. The number of pyridine rings is 1. The summed E-state index contributed by atoms with van der Waals surface area (Å²) in [7, 11) is 0. The third kappa shape index (κ3) is 4.00. The Hall–Kier alpha value is -1.49. The van der Waals surface area contributed by atoms with Gasteiger partial charge in [0.25, 0.3) is 0 Å². The van der Waals surface area contributed by atoms with Crippen molar-refractivity contribution >= 4 is 11.5 Å². The van der Waals surface area contributed by atoms with Crippen molar-refractivity contribution in [3.63, 3.8) is 0 Å². The maximum Gasteiger partial charge on any atom is 0.239 e. The lowest BCUT2D eigenvalue weighted by Crippen LogP contribution is -2.26. The molecule has 2 atom stereocenters. The number of hydrogen-bond acceptors (Lipinski definition) is 5. The van der Waals surface area contributed by atoms with Gasteiger partial charge in [-0.15, -0.1) is 0 Å². The van der Waals surface area contributed by atoms with Crippen molar-refractivity contribution in [3.05, 3.63) is 12.1 Å². The Kier molecular flexibility index (Phi) is 5.06. The first-order valence-electron chi connectivity index (χ1n) is 7.30. The lowest BCUT2D eigenvalue weighted by atomic mass is 10.0. The third-order valence-corrected chi connectivity index (χ3v) is 3.49. The topological polar surface area (TPSA) is 69.4 Å². The molecule has 0 bridgehead atoms. The number of nitrogens with zero attached hydrogens (tertiary/aromatic N) is 1.